The summed E-state index contributed by atoms with van der Waals surface area (Å²) in [5.41, 5.74) is 6.34. The lowest BCUT2D eigenvalue weighted by Crippen LogP contribution is -2.40. The molecule has 1 fully saturated rings. The van der Waals surface area contributed by atoms with Crippen molar-refractivity contribution in [2.75, 3.05) is 5.73 Å². The number of nitrogens with one attached hydrogen (secondary N) is 1. The zero-order valence-electron chi connectivity index (χ0n) is 10.3. The number of nitrogen functional groups attached to an aromatic ring is 1. The molecule has 2 atom stereocenters. The van der Waals surface area contributed by atoms with Gasteiger partial charge in [0.25, 0.3) is 5.91 Å². The highest BCUT2D eigenvalue weighted by Crippen LogP contribution is 2.25. The minimum absolute atomic E-state index is 0.0181. The van der Waals surface area contributed by atoms with Gasteiger partial charge in [-0.3, -0.25) is 4.79 Å². The van der Waals surface area contributed by atoms with E-state index >= 15 is 0 Å². The fourth-order valence-corrected chi connectivity index (χ4v) is 3.13. The smallest absolute Gasteiger partial charge is 0.263 e. The van der Waals surface area contributed by atoms with Gasteiger partial charge in [0.15, 0.2) is 5.13 Å². The van der Waals surface area contributed by atoms with Crippen LogP contribution in [0.1, 0.15) is 48.0 Å². The van der Waals surface area contributed by atoms with E-state index in [4.69, 9.17) is 5.73 Å². The van der Waals surface area contributed by atoms with Crippen LogP contribution < -0.4 is 11.1 Å². The number of carbonyl (C=O) groups excluding carboxylic acids is 1. The van der Waals surface area contributed by atoms with Crippen LogP contribution >= 0.6 is 11.3 Å². The van der Waals surface area contributed by atoms with Crippen LogP contribution in [0.3, 0.4) is 0 Å². The third-order valence-corrected chi connectivity index (χ3v) is 4.43. The minimum atomic E-state index is -0.0181. The Morgan fingerprint density at radius 2 is 2.18 bits per heavy atom. The zero-order chi connectivity index (χ0) is 12.4. The van der Waals surface area contributed by atoms with E-state index in [-0.39, 0.29) is 5.91 Å². The Balaban J connectivity index is 2.03. The molecule has 1 amide bonds. The van der Waals surface area contributed by atoms with E-state index in [1.165, 1.54) is 30.6 Å². The maximum Gasteiger partial charge on any atom is 0.263 e. The topological polar surface area (TPSA) is 68.0 Å². The molecule has 1 aliphatic carbocycles. The second-order valence-corrected chi connectivity index (χ2v) is 5.84. The second kappa shape index (κ2) is 5.04. The lowest BCUT2D eigenvalue weighted by molar-refractivity contribution is 0.0913. The molecule has 1 aromatic rings. The third-order valence-electron chi connectivity index (χ3n) is 3.45. The highest BCUT2D eigenvalue weighted by molar-refractivity contribution is 7.17. The summed E-state index contributed by atoms with van der Waals surface area (Å²) in [7, 11) is 0. The molecule has 2 unspecified atom stereocenters. The molecule has 2 rings (SSSR count). The first-order valence-corrected chi connectivity index (χ1v) is 6.93. The number of hydrogen-bond acceptors (Lipinski definition) is 4. The minimum Gasteiger partial charge on any atom is -0.375 e. The van der Waals surface area contributed by atoms with Crippen molar-refractivity contribution >= 4 is 22.4 Å². The van der Waals surface area contributed by atoms with Crippen molar-refractivity contribution in [3.63, 3.8) is 0 Å². The summed E-state index contributed by atoms with van der Waals surface area (Å²) >= 11 is 1.27. The van der Waals surface area contributed by atoms with Gasteiger partial charge in [0.05, 0.1) is 5.69 Å². The van der Waals surface area contributed by atoms with Crippen molar-refractivity contribution in [1.82, 2.24) is 10.3 Å². The first kappa shape index (κ1) is 12.4. The summed E-state index contributed by atoms with van der Waals surface area (Å²) in [4.78, 5) is 16.8. The molecule has 1 aliphatic rings. The number of hydrogen-bond donors (Lipinski definition) is 2. The molecule has 1 heterocycles. The molecule has 5 heteroatoms. The number of rotatable bonds is 2. The van der Waals surface area contributed by atoms with Crippen molar-refractivity contribution in [2.45, 2.75) is 45.6 Å². The van der Waals surface area contributed by atoms with E-state index in [1.54, 1.807) is 0 Å². The van der Waals surface area contributed by atoms with Gasteiger partial charge in [-0.05, 0) is 25.7 Å². The van der Waals surface area contributed by atoms with Gasteiger partial charge in [0.1, 0.15) is 4.88 Å². The molecule has 0 spiro atoms. The summed E-state index contributed by atoms with van der Waals surface area (Å²) in [5.74, 6) is 0.550. The Morgan fingerprint density at radius 3 is 2.76 bits per heavy atom. The first-order valence-electron chi connectivity index (χ1n) is 6.11. The van der Waals surface area contributed by atoms with Crippen LogP contribution in [0, 0.1) is 12.8 Å². The maximum absolute atomic E-state index is 12.1. The average Bonchev–Trinajstić information content (AvgIpc) is 2.61. The monoisotopic (exact) mass is 253 g/mol. The molecule has 94 valence electrons. The number of aromatic nitrogens is 1. The van der Waals surface area contributed by atoms with Crippen LogP contribution in [0.4, 0.5) is 5.13 Å². The molecule has 0 radical (unpaired) electrons. The average molecular weight is 253 g/mol. The van der Waals surface area contributed by atoms with E-state index in [9.17, 15) is 4.79 Å². The normalized spacial score (nSPS) is 24.6. The summed E-state index contributed by atoms with van der Waals surface area (Å²) in [6, 6.07) is 0.305. The number of anilines is 1. The molecule has 0 aromatic carbocycles. The highest BCUT2D eigenvalue weighted by atomic mass is 32.1. The summed E-state index contributed by atoms with van der Waals surface area (Å²) < 4.78 is 0. The van der Waals surface area contributed by atoms with Gasteiger partial charge in [0, 0.05) is 6.04 Å². The number of thiazole rings is 1. The molecule has 3 N–H and O–H groups in total. The molecule has 0 saturated heterocycles. The number of carbonyl (C=O) groups is 1. The van der Waals surface area contributed by atoms with Gasteiger partial charge in [-0.25, -0.2) is 4.98 Å². The van der Waals surface area contributed by atoms with Crippen molar-refractivity contribution < 1.29 is 4.79 Å². The highest BCUT2D eigenvalue weighted by Gasteiger charge is 2.24. The third kappa shape index (κ3) is 2.77. The van der Waals surface area contributed by atoms with Gasteiger partial charge in [-0.1, -0.05) is 31.1 Å². The van der Waals surface area contributed by atoms with Crippen molar-refractivity contribution in [2.24, 2.45) is 5.92 Å². The molecule has 4 nitrogen and oxygen atoms in total. The quantitative estimate of drug-likeness (QED) is 0.850. The van der Waals surface area contributed by atoms with Crippen molar-refractivity contribution in [3.8, 4) is 0 Å². The van der Waals surface area contributed by atoms with E-state index in [0.717, 1.165) is 12.1 Å². The predicted octanol–water partition coefficient (Wildman–Crippen LogP) is 2.34. The summed E-state index contributed by atoms with van der Waals surface area (Å²) in [5, 5.41) is 3.58. The van der Waals surface area contributed by atoms with Crippen LogP contribution in [0.25, 0.3) is 0 Å². The SMILES string of the molecule is Cc1nc(N)sc1C(=O)NC1CCCCC1C. The van der Waals surface area contributed by atoms with Gasteiger partial charge in [0.2, 0.25) is 0 Å². The molecular formula is C12H19N3OS. The largest absolute Gasteiger partial charge is 0.375 e. The molecule has 17 heavy (non-hydrogen) atoms. The molecule has 1 aromatic heterocycles. The lowest BCUT2D eigenvalue weighted by atomic mass is 9.86. The van der Waals surface area contributed by atoms with Gasteiger partial charge in [-0.15, -0.1) is 0 Å². The molecule has 0 bridgehead atoms. The van der Waals surface area contributed by atoms with Gasteiger partial charge >= 0.3 is 0 Å². The van der Waals surface area contributed by atoms with Crippen LogP contribution in [0.2, 0.25) is 0 Å². The first-order chi connectivity index (χ1) is 8.08. The molecular weight excluding hydrogens is 234 g/mol. The fraction of sp³-hybridized carbons (Fsp3) is 0.667. The second-order valence-electron chi connectivity index (χ2n) is 4.81. The van der Waals surface area contributed by atoms with Crippen molar-refractivity contribution in [3.05, 3.63) is 10.6 Å². The number of aryl methyl sites for hydroxylation is 1. The number of nitrogens with zero attached hydrogens (tertiary/aromatic N) is 1. The Labute approximate surface area is 106 Å². The van der Waals surface area contributed by atoms with Gasteiger partial charge in [-0.2, -0.15) is 0 Å². The summed E-state index contributed by atoms with van der Waals surface area (Å²) in [6.07, 6.45) is 4.77. The van der Waals surface area contributed by atoms with Gasteiger partial charge < -0.3 is 11.1 Å². The van der Waals surface area contributed by atoms with Crippen LogP contribution in [-0.4, -0.2) is 16.9 Å². The Bertz CT molecular complexity index is 416. The van der Waals surface area contributed by atoms with Crippen LogP contribution in [0.5, 0.6) is 0 Å². The van der Waals surface area contributed by atoms with E-state index in [0.29, 0.717) is 22.0 Å². The lowest BCUT2D eigenvalue weighted by Gasteiger charge is -2.29. The van der Waals surface area contributed by atoms with E-state index in [1.807, 2.05) is 6.92 Å². The Morgan fingerprint density at radius 1 is 1.47 bits per heavy atom. The molecule has 1 saturated carbocycles. The van der Waals surface area contributed by atoms with Crippen LogP contribution in [0.15, 0.2) is 0 Å². The number of amides is 1. The molecule has 0 aliphatic heterocycles. The van der Waals surface area contributed by atoms with Crippen molar-refractivity contribution in [1.29, 1.82) is 0 Å². The standard InChI is InChI=1S/C12H19N3OS/c1-7-5-3-4-6-9(7)15-11(16)10-8(2)14-12(13)17-10/h7,9H,3-6H2,1-2H3,(H2,13,14)(H,15,16). The maximum atomic E-state index is 12.1. The Hall–Kier alpha value is -1.10. The number of nitrogens with two attached hydrogens (primary N) is 1. The zero-order valence-corrected chi connectivity index (χ0v) is 11.1. The predicted molar refractivity (Wildman–Crippen MR) is 70.1 cm³/mol. The van der Waals surface area contributed by atoms with Crippen LogP contribution in [-0.2, 0) is 0 Å². The van der Waals surface area contributed by atoms with E-state index in [2.05, 4.69) is 17.2 Å². The summed E-state index contributed by atoms with van der Waals surface area (Å²) in [6.45, 7) is 4.03. The fourth-order valence-electron chi connectivity index (χ4n) is 2.39. The van der Waals surface area contributed by atoms with E-state index < -0.39 is 0 Å². The Kier molecular flexibility index (Phi) is 3.66.